The van der Waals surface area contributed by atoms with Crippen molar-refractivity contribution in [2.24, 2.45) is 0 Å². The number of thiocarbonyl (C=S) groups is 2. The average Bonchev–Trinajstić information content (AvgIpc) is 3.54. The lowest BCUT2D eigenvalue weighted by Crippen LogP contribution is -2.41. The summed E-state index contributed by atoms with van der Waals surface area (Å²) >= 11 is 13.0. The number of amides is 6. The van der Waals surface area contributed by atoms with E-state index in [1.54, 1.807) is 60.7 Å². The van der Waals surface area contributed by atoms with Crippen molar-refractivity contribution in [2.75, 3.05) is 13.1 Å². The number of nitrogens with one attached hydrogen (secondary N) is 4. The number of hydrazine groups is 2. The maximum atomic E-state index is 13.2. The summed E-state index contributed by atoms with van der Waals surface area (Å²) in [7, 11) is 0. The normalized spacial score (nSPS) is 15.9. The Kier molecular flexibility index (Phi) is 14.1. The van der Waals surface area contributed by atoms with Crippen LogP contribution in [0.2, 0.25) is 0 Å². The van der Waals surface area contributed by atoms with Gasteiger partial charge in [0, 0.05) is 37.1 Å². The van der Waals surface area contributed by atoms with Gasteiger partial charge in [0.1, 0.15) is 8.64 Å². The van der Waals surface area contributed by atoms with Gasteiger partial charge in [-0.25, -0.2) is 0 Å². The molecule has 2 aromatic carbocycles. The molecule has 2 aliphatic heterocycles. The summed E-state index contributed by atoms with van der Waals surface area (Å²) in [4.78, 5) is 78.1. The molecule has 4 N–H and O–H groups in total. The van der Waals surface area contributed by atoms with Crippen LogP contribution in [-0.2, 0) is 19.2 Å². The van der Waals surface area contributed by atoms with Crippen molar-refractivity contribution in [3.63, 3.8) is 0 Å². The van der Waals surface area contributed by atoms with Gasteiger partial charge in [-0.15, -0.1) is 0 Å². The molecule has 0 aliphatic carbocycles. The first kappa shape index (κ1) is 36.7. The molecule has 2 aromatic rings. The quantitative estimate of drug-likeness (QED) is 0.0973. The van der Waals surface area contributed by atoms with Gasteiger partial charge in [0.25, 0.3) is 23.6 Å². The summed E-state index contributed by atoms with van der Waals surface area (Å²) in [6.07, 6.45) is 4.01. The van der Waals surface area contributed by atoms with E-state index in [2.05, 4.69) is 21.7 Å². The third kappa shape index (κ3) is 10.4. The number of thioether (sulfide) groups is 2. The Labute approximate surface area is 297 Å². The Morgan fingerprint density at radius 2 is 0.917 bits per heavy atom. The summed E-state index contributed by atoms with van der Waals surface area (Å²) in [6, 6.07) is 17.1. The Balaban J connectivity index is 1.12. The first-order chi connectivity index (χ1) is 23.2. The van der Waals surface area contributed by atoms with E-state index in [0.717, 1.165) is 23.5 Å². The van der Waals surface area contributed by atoms with Crippen LogP contribution in [0.3, 0.4) is 0 Å². The van der Waals surface area contributed by atoms with Crippen LogP contribution in [-0.4, -0.2) is 67.0 Å². The number of carbonyl (C=O) groups is 6. The number of rotatable bonds is 14. The van der Waals surface area contributed by atoms with Crippen molar-refractivity contribution in [1.82, 2.24) is 31.5 Å². The zero-order valence-corrected chi connectivity index (χ0v) is 29.1. The molecule has 0 radical (unpaired) electrons. The highest BCUT2D eigenvalue weighted by Gasteiger charge is 2.41. The first-order valence-electron chi connectivity index (χ1n) is 15.3. The van der Waals surface area contributed by atoms with Crippen molar-refractivity contribution >= 4 is 92.0 Å². The highest BCUT2D eigenvalue weighted by atomic mass is 32.2. The van der Waals surface area contributed by atoms with E-state index in [-0.39, 0.29) is 46.3 Å². The molecule has 2 fully saturated rings. The topological polar surface area (TPSA) is 157 Å². The second-order valence-corrected chi connectivity index (χ2v) is 14.0. The summed E-state index contributed by atoms with van der Waals surface area (Å²) in [5, 5.41) is 0. The van der Waals surface area contributed by atoms with Gasteiger partial charge in [-0.3, -0.25) is 60.3 Å². The molecule has 0 saturated carbocycles. The van der Waals surface area contributed by atoms with Gasteiger partial charge in [-0.05, 0) is 49.9 Å². The smallest absolute Gasteiger partial charge is 0.269 e. The van der Waals surface area contributed by atoms with Gasteiger partial charge in [-0.2, -0.15) is 0 Å². The predicted molar refractivity (Wildman–Crippen MR) is 192 cm³/mol. The summed E-state index contributed by atoms with van der Waals surface area (Å²) in [6.45, 7) is 0.703. The van der Waals surface area contributed by atoms with Crippen LogP contribution in [0, 0.1) is 0 Å². The van der Waals surface area contributed by atoms with Crippen LogP contribution in [0.5, 0.6) is 0 Å². The lowest BCUT2D eigenvalue weighted by molar-refractivity contribution is -0.124. The van der Waals surface area contributed by atoms with Crippen LogP contribution < -0.4 is 21.7 Å². The highest BCUT2D eigenvalue weighted by molar-refractivity contribution is 8.29. The van der Waals surface area contributed by atoms with Crippen LogP contribution in [0.25, 0.3) is 0 Å². The van der Waals surface area contributed by atoms with Crippen molar-refractivity contribution in [3.05, 3.63) is 81.6 Å². The number of nitrogens with zero attached hydrogens (tertiary/aromatic N) is 2. The van der Waals surface area contributed by atoms with Gasteiger partial charge in [0.05, 0.1) is 9.81 Å². The van der Waals surface area contributed by atoms with Crippen molar-refractivity contribution in [1.29, 1.82) is 0 Å². The zero-order chi connectivity index (χ0) is 34.5. The minimum absolute atomic E-state index is 0.204. The second-order valence-electron chi connectivity index (χ2n) is 10.7. The van der Waals surface area contributed by atoms with E-state index in [9.17, 15) is 28.8 Å². The SMILES string of the molecule is O=C(CCCCCN1C(=O)/C(=C2\SC(=S)N(CCCCCC(=O)NNC(=O)c3ccccc3)C2=O)SC1=S)NNC(=O)c1ccccc1. The molecule has 2 saturated heterocycles. The van der Waals surface area contributed by atoms with Crippen molar-refractivity contribution in [2.45, 2.75) is 51.4 Å². The minimum atomic E-state index is -0.402. The molecule has 16 heteroatoms. The van der Waals surface area contributed by atoms with Crippen molar-refractivity contribution in [3.8, 4) is 0 Å². The van der Waals surface area contributed by atoms with E-state index in [0.29, 0.717) is 71.4 Å². The third-order valence-electron chi connectivity index (χ3n) is 7.18. The highest BCUT2D eigenvalue weighted by Crippen LogP contribution is 2.42. The standard InChI is InChI=1S/C32H34N6O6S4/c39-23(33-35-27(41)21-13-5-1-6-14-21)17-9-3-11-19-37-29(43)25(47-31(37)45)26-30(44)38(32(46)48-26)20-12-4-10-18-24(40)34-36-28(42)22-15-7-2-8-16-22/h1-2,5-8,13-16H,3-4,9-12,17-20H2,(H,33,39)(H,34,40)(H,35,41)(H,36,42)/b26-25+. The summed E-state index contributed by atoms with van der Waals surface area (Å²) in [5.74, 6) is -2.11. The number of benzene rings is 2. The molecule has 0 aromatic heterocycles. The fourth-order valence-corrected chi connectivity index (χ4v) is 7.39. The molecule has 0 bridgehead atoms. The van der Waals surface area contributed by atoms with Crippen LogP contribution in [0.15, 0.2) is 70.5 Å². The van der Waals surface area contributed by atoms with Crippen molar-refractivity contribution < 1.29 is 28.8 Å². The Bertz CT molecular complexity index is 1490. The van der Waals surface area contributed by atoms with E-state index in [4.69, 9.17) is 24.4 Å². The van der Waals surface area contributed by atoms with Crippen LogP contribution >= 0.6 is 48.0 Å². The van der Waals surface area contributed by atoms with Gasteiger partial charge in [-0.1, -0.05) is 97.2 Å². The summed E-state index contributed by atoms with van der Waals surface area (Å²) < 4.78 is 0.722. The third-order valence-corrected chi connectivity index (χ3v) is 10.2. The molecule has 48 heavy (non-hydrogen) atoms. The number of unbranched alkanes of at least 4 members (excludes halogenated alkanes) is 4. The molecule has 12 nitrogen and oxygen atoms in total. The monoisotopic (exact) mass is 726 g/mol. The van der Waals surface area contributed by atoms with E-state index in [1.165, 1.54) is 9.80 Å². The van der Waals surface area contributed by atoms with E-state index in [1.807, 2.05) is 0 Å². The molecule has 0 unspecified atom stereocenters. The predicted octanol–water partition coefficient (Wildman–Crippen LogP) is 3.96. The molecular formula is C32H34N6O6S4. The fraction of sp³-hybridized carbons (Fsp3) is 0.312. The Morgan fingerprint density at radius 3 is 1.29 bits per heavy atom. The molecule has 0 atom stereocenters. The fourth-order valence-electron chi connectivity index (χ4n) is 4.62. The average molecular weight is 727 g/mol. The second kappa shape index (κ2) is 18.4. The van der Waals surface area contributed by atoms with Gasteiger partial charge in [0.15, 0.2) is 0 Å². The molecule has 2 heterocycles. The van der Waals surface area contributed by atoms with E-state index >= 15 is 0 Å². The minimum Gasteiger partial charge on any atom is -0.293 e. The number of hydrogen-bond donors (Lipinski definition) is 4. The van der Waals surface area contributed by atoms with Gasteiger partial charge >= 0.3 is 0 Å². The lowest BCUT2D eigenvalue weighted by Gasteiger charge is -2.14. The maximum absolute atomic E-state index is 13.2. The molecule has 252 valence electrons. The van der Waals surface area contributed by atoms with Crippen LogP contribution in [0.4, 0.5) is 0 Å². The maximum Gasteiger partial charge on any atom is 0.269 e. The molecular weight excluding hydrogens is 693 g/mol. The van der Waals surface area contributed by atoms with Gasteiger partial charge < -0.3 is 0 Å². The Hall–Kier alpha value is -4.12. The lowest BCUT2D eigenvalue weighted by atomic mass is 10.2. The van der Waals surface area contributed by atoms with Gasteiger partial charge in [0.2, 0.25) is 11.8 Å². The Morgan fingerprint density at radius 1 is 0.542 bits per heavy atom. The van der Waals surface area contributed by atoms with Crippen LogP contribution in [0.1, 0.15) is 72.1 Å². The largest absolute Gasteiger partial charge is 0.293 e. The summed E-state index contributed by atoms with van der Waals surface area (Å²) in [5.41, 5.74) is 10.4. The first-order valence-corrected chi connectivity index (χ1v) is 17.7. The molecule has 2 aliphatic rings. The molecule has 6 amide bonds. The van der Waals surface area contributed by atoms with E-state index < -0.39 is 11.8 Å². The number of hydrogen-bond acceptors (Lipinski definition) is 10. The number of carbonyl (C=O) groups excluding carboxylic acids is 6. The molecule has 4 rings (SSSR count). The zero-order valence-electron chi connectivity index (χ0n) is 25.8. The molecule has 0 spiro atoms.